The van der Waals surface area contributed by atoms with Crippen molar-refractivity contribution in [3.8, 4) is 6.07 Å². The molecule has 2 aliphatic rings. The third-order valence-electron chi connectivity index (χ3n) is 7.13. The number of nitrogens with zero attached hydrogens (tertiary/aromatic N) is 1. The number of hydrogen-bond acceptors (Lipinski definition) is 2. The van der Waals surface area contributed by atoms with E-state index in [0.29, 0.717) is 6.10 Å². The minimum Gasteiger partial charge on any atom is -0.378 e. The van der Waals surface area contributed by atoms with E-state index in [0.717, 1.165) is 30.8 Å². The number of nitriles is 1. The zero-order chi connectivity index (χ0) is 20.3. The second kappa shape index (κ2) is 12.2. The summed E-state index contributed by atoms with van der Waals surface area (Å²) in [4.78, 5) is 0. The molecule has 29 heavy (non-hydrogen) atoms. The van der Waals surface area contributed by atoms with Gasteiger partial charge in [0.15, 0.2) is 0 Å². The lowest BCUT2D eigenvalue weighted by Crippen LogP contribution is -2.25. The number of hydrogen-bond donors (Lipinski definition) is 0. The van der Waals surface area contributed by atoms with Crippen LogP contribution in [0.5, 0.6) is 0 Å². The van der Waals surface area contributed by atoms with Crippen molar-refractivity contribution in [3.63, 3.8) is 0 Å². The Morgan fingerprint density at radius 1 is 0.966 bits per heavy atom. The minimum absolute atomic E-state index is 0.490. The summed E-state index contributed by atoms with van der Waals surface area (Å²) in [5.74, 6) is 2.35. The average Bonchev–Trinajstić information content (AvgIpc) is 2.77. The van der Waals surface area contributed by atoms with Crippen LogP contribution in [0.3, 0.4) is 0 Å². The smallest absolute Gasteiger partial charge is 0.0908 e. The first-order valence-corrected chi connectivity index (χ1v) is 12.0. The minimum atomic E-state index is 0.490. The van der Waals surface area contributed by atoms with E-state index < -0.39 is 0 Å². The van der Waals surface area contributed by atoms with Crippen molar-refractivity contribution in [2.45, 2.75) is 96.0 Å². The number of benzene rings is 1. The fourth-order valence-electron chi connectivity index (χ4n) is 5.23. The monoisotopic (exact) mass is 393 g/mol. The Kier molecular flexibility index (Phi) is 9.29. The van der Waals surface area contributed by atoms with E-state index in [1.54, 1.807) is 11.6 Å². The zero-order valence-corrected chi connectivity index (χ0v) is 18.3. The van der Waals surface area contributed by atoms with Crippen molar-refractivity contribution >= 4 is 0 Å². The average molecular weight is 394 g/mol. The summed E-state index contributed by atoms with van der Waals surface area (Å²) < 4.78 is 6.34. The molecular formula is C27H39NO. The Bertz CT molecular complexity index is 640. The predicted molar refractivity (Wildman–Crippen MR) is 121 cm³/mol. The van der Waals surface area contributed by atoms with E-state index in [4.69, 9.17) is 10.00 Å². The fraction of sp³-hybridized carbons (Fsp3) is 0.667. The quantitative estimate of drug-likeness (QED) is 0.411. The third-order valence-corrected chi connectivity index (χ3v) is 7.13. The van der Waals surface area contributed by atoms with Crippen LogP contribution in [-0.2, 0) is 11.2 Å². The van der Waals surface area contributed by atoms with Crippen LogP contribution in [0.25, 0.3) is 0 Å². The lowest BCUT2D eigenvalue weighted by molar-refractivity contribution is -0.00824. The Balaban J connectivity index is 1.30. The highest BCUT2D eigenvalue weighted by atomic mass is 16.5. The van der Waals surface area contributed by atoms with Crippen molar-refractivity contribution in [1.82, 2.24) is 0 Å². The summed E-state index contributed by atoms with van der Waals surface area (Å²) in [5.41, 5.74) is 3.03. The highest BCUT2D eigenvalue weighted by molar-refractivity contribution is 5.25. The van der Waals surface area contributed by atoms with Crippen LogP contribution >= 0.6 is 0 Å². The summed E-state index contributed by atoms with van der Waals surface area (Å²) in [7, 11) is 0. The molecule has 0 bridgehead atoms. The molecule has 0 heterocycles. The SMILES string of the molecule is CCCc1ccc([C@H]2CC[C@H](CO[C@H]3CC[C@H](CCC=CC#N)CC3)CC2)cc1. The van der Waals surface area contributed by atoms with Crippen LogP contribution in [-0.4, -0.2) is 12.7 Å². The van der Waals surface area contributed by atoms with Crippen LogP contribution < -0.4 is 0 Å². The van der Waals surface area contributed by atoms with Crippen LogP contribution in [0.4, 0.5) is 0 Å². The van der Waals surface area contributed by atoms with E-state index >= 15 is 0 Å². The molecule has 3 rings (SSSR count). The van der Waals surface area contributed by atoms with Gasteiger partial charge in [0, 0.05) is 12.7 Å². The molecule has 1 aromatic carbocycles. The van der Waals surface area contributed by atoms with E-state index in [2.05, 4.69) is 37.3 Å². The normalized spacial score (nSPS) is 27.7. The topological polar surface area (TPSA) is 33.0 Å². The molecule has 0 aromatic heterocycles. The van der Waals surface area contributed by atoms with Gasteiger partial charge < -0.3 is 4.74 Å². The van der Waals surface area contributed by atoms with E-state index in [1.165, 1.54) is 76.2 Å². The Morgan fingerprint density at radius 2 is 1.66 bits per heavy atom. The van der Waals surface area contributed by atoms with Crippen molar-refractivity contribution < 1.29 is 4.74 Å². The van der Waals surface area contributed by atoms with Gasteiger partial charge in [0.25, 0.3) is 0 Å². The summed E-state index contributed by atoms with van der Waals surface area (Å²) in [5, 5.41) is 8.55. The summed E-state index contributed by atoms with van der Waals surface area (Å²) in [6.07, 6.45) is 19.2. The van der Waals surface area contributed by atoms with E-state index in [1.807, 2.05) is 6.08 Å². The molecule has 2 aliphatic carbocycles. The molecule has 2 heteroatoms. The van der Waals surface area contributed by atoms with Crippen molar-refractivity contribution in [3.05, 3.63) is 47.5 Å². The maximum Gasteiger partial charge on any atom is 0.0908 e. The second-order valence-electron chi connectivity index (χ2n) is 9.29. The molecule has 0 atom stereocenters. The molecular weight excluding hydrogens is 354 g/mol. The first kappa shape index (κ1) is 22.1. The summed E-state index contributed by atoms with van der Waals surface area (Å²) in [6.45, 7) is 3.22. The van der Waals surface area contributed by atoms with Crippen LogP contribution in [0.15, 0.2) is 36.4 Å². The van der Waals surface area contributed by atoms with Gasteiger partial charge >= 0.3 is 0 Å². The summed E-state index contributed by atoms with van der Waals surface area (Å²) >= 11 is 0. The van der Waals surface area contributed by atoms with Crippen molar-refractivity contribution in [1.29, 1.82) is 5.26 Å². The van der Waals surface area contributed by atoms with Gasteiger partial charge in [-0.25, -0.2) is 0 Å². The van der Waals surface area contributed by atoms with Crippen molar-refractivity contribution in [2.75, 3.05) is 6.61 Å². The molecule has 2 nitrogen and oxygen atoms in total. The number of ether oxygens (including phenoxy) is 1. The van der Waals surface area contributed by atoms with Crippen molar-refractivity contribution in [2.24, 2.45) is 11.8 Å². The maximum absolute atomic E-state index is 8.55. The molecule has 0 aliphatic heterocycles. The van der Waals surface area contributed by atoms with Gasteiger partial charge in [-0.2, -0.15) is 5.26 Å². The van der Waals surface area contributed by atoms with E-state index in [-0.39, 0.29) is 0 Å². The Morgan fingerprint density at radius 3 is 2.31 bits per heavy atom. The van der Waals surface area contributed by atoms with Gasteiger partial charge in [-0.1, -0.05) is 43.7 Å². The van der Waals surface area contributed by atoms with Gasteiger partial charge in [-0.05, 0) is 99.5 Å². The van der Waals surface area contributed by atoms with Crippen LogP contribution in [0.2, 0.25) is 0 Å². The molecule has 0 unspecified atom stereocenters. The molecule has 0 spiro atoms. The lowest BCUT2D eigenvalue weighted by Gasteiger charge is -2.32. The zero-order valence-electron chi connectivity index (χ0n) is 18.3. The van der Waals surface area contributed by atoms with E-state index in [9.17, 15) is 0 Å². The number of allylic oxidation sites excluding steroid dienone is 2. The molecule has 0 radical (unpaired) electrons. The highest BCUT2D eigenvalue weighted by Gasteiger charge is 2.25. The highest BCUT2D eigenvalue weighted by Crippen LogP contribution is 2.37. The Labute approximate surface area is 178 Å². The van der Waals surface area contributed by atoms with Crippen LogP contribution in [0.1, 0.15) is 94.6 Å². The maximum atomic E-state index is 8.55. The standard InChI is InChI=1S/C27H39NO/c1-2-6-22-8-14-25(15-9-22)26-16-10-24(11-17-26)21-29-27-18-12-23(13-19-27)7-4-3-5-20-28/h3,5,8-9,14-15,23-24,26-27H,2,4,6-7,10-13,16-19,21H2,1H3/t23-,24-,26-,27-. The fourth-order valence-corrected chi connectivity index (χ4v) is 5.23. The molecule has 1 aromatic rings. The first-order chi connectivity index (χ1) is 14.3. The molecule has 0 amide bonds. The largest absolute Gasteiger partial charge is 0.378 e. The van der Waals surface area contributed by atoms with Gasteiger partial charge in [-0.15, -0.1) is 0 Å². The molecule has 2 saturated carbocycles. The molecule has 158 valence electrons. The van der Waals surface area contributed by atoms with Gasteiger partial charge in [0.05, 0.1) is 12.2 Å². The Hall–Kier alpha value is -1.59. The van der Waals surface area contributed by atoms with Gasteiger partial charge in [-0.3, -0.25) is 0 Å². The molecule has 2 fully saturated rings. The first-order valence-electron chi connectivity index (χ1n) is 12.0. The predicted octanol–water partition coefficient (Wildman–Crippen LogP) is 7.35. The number of rotatable bonds is 9. The molecule has 0 saturated heterocycles. The third kappa shape index (κ3) is 7.31. The van der Waals surface area contributed by atoms with Gasteiger partial charge in [0.1, 0.15) is 0 Å². The summed E-state index contributed by atoms with van der Waals surface area (Å²) in [6, 6.07) is 11.5. The van der Waals surface area contributed by atoms with Crippen LogP contribution in [0, 0.1) is 23.2 Å². The lowest BCUT2D eigenvalue weighted by atomic mass is 9.78. The second-order valence-corrected chi connectivity index (χ2v) is 9.29. The molecule has 0 N–H and O–H groups in total. The van der Waals surface area contributed by atoms with Gasteiger partial charge in [0.2, 0.25) is 0 Å². The number of aryl methyl sites for hydroxylation is 1.